The van der Waals surface area contributed by atoms with Crippen LogP contribution in [0.3, 0.4) is 0 Å². The first-order valence-corrected chi connectivity index (χ1v) is 3.95. The largest absolute Gasteiger partial charge is 0.392 e. The summed E-state index contributed by atoms with van der Waals surface area (Å²) >= 11 is 0. The molecule has 0 amide bonds. The van der Waals surface area contributed by atoms with Crippen molar-refractivity contribution >= 4 is 0 Å². The van der Waals surface area contributed by atoms with E-state index in [0.717, 1.165) is 6.54 Å². The SMILES string of the molecule is OCC1=CCN2CCCC12. The molecular weight excluding hydrogens is 126 g/mol. The highest BCUT2D eigenvalue weighted by Gasteiger charge is 2.30. The molecule has 10 heavy (non-hydrogen) atoms. The number of hydrogen-bond donors (Lipinski definition) is 1. The van der Waals surface area contributed by atoms with Gasteiger partial charge < -0.3 is 5.11 Å². The van der Waals surface area contributed by atoms with Crippen LogP contribution in [0.1, 0.15) is 12.8 Å². The third-order valence-electron chi connectivity index (χ3n) is 2.56. The second-order valence-corrected chi connectivity index (χ2v) is 3.09. The fourth-order valence-corrected chi connectivity index (χ4v) is 2.01. The van der Waals surface area contributed by atoms with Gasteiger partial charge in [0.25, 0.3) is 0 Å². The Bertz CT molecular complexity index is 165. The molecule has 0 spiro atoms. The van der Waals surface area contributed by atoms with E-state index < -0.39 is 0 Å². The predicted octanol–water partition coefficient (Wildman–Crippen LogP) is 0.383. The minimum atomic E-state index is 0.265. The molecule has 2 heterocycles. The zero-order valence-electron chi connectivity index (χ0n) is 6.08. The van der Waals surface area contributed by atoms with E-state index in [1.807, 2.05) is 0 Å². The van der Waals surface area contributed by atoms with Gasteiger partial charge in [-0.2, -0.15) is 0 Å². The smallest absolute Gasteiger partial charge is 0.0657 e. The Morgan fingerprint density at radius 3 is 3.40 bits per heavy atom. The molecule has 1 unspecified atom stereocenters. The first-order valence-electron chi connectivity index (χ1n) is 3.95. The highest BCUT2D eigenvalue weighted by atomic mass is 16.3. The van der Waals surface area contributed by atoms with Gasteiger partial charge in [0.2, 0.25) is 0 Å². The van der Waals surface area contributed by atoms with Crippen molar-refractivity contribution in [2.75, 3.05) is 19.7 Å². The minimum Gasteiger partial charge on any atom is -0.392 e. The molecule has 2 aliphatic rings. The molecule has 0 aromatic carbocycles. The molecule has 2 nitrogen and oxygen atoms in total. The highest BCUT2D eigenvalue weighted by Crippen LogP contribution is 2.27. The molecule has 0 aliphatic carbocycles. The maximum absolute atomic E-state index is 8.92. The average Bonchev–Trinajstić information content (AvgIpc) is 2.44. The van der Waals surface area contributed by atoms with Crippen molar-refractivity contribution in [3.8, 4) is 0 Å². The lowest BCUT2D eigenvalue weighted by molar-refractivity contribution is 0.287. The summed E-state index contributed by atoms with van der Waals surface area (Å²) in [6.45, 7) is 2.56. The lowest BCUT2D eigenvalue weighted by Gasteiger charge is -2.16. The van der Waals surface area contributed by atoms with E-state index in [1.165, 1.54) is 25.0 Å². The summed E-state index contributed by atoms with van der Waals surface area (Å²) in [5, 5.41) is 8.92. The maximum Gasteiger partial charge on any atom is 0.0657 e. The number of fused-ring (bicyclic) bond motifs is 1. The van der Waals surface area contributed by atoms with Crippen LogP contribution in [0.2, 0.25) is 0 Å². The summed E-state index contributed by atoms with van der Waals surface area (Å²) in [5.74, 6) is 0. The van der Waals surface area contributed by atoms with E-state index in [2.05, 4.69) is 11.0 Å². The van der Waals surface area contributed by atoms with Gasteiger partial charge in [-0.05, 0) is 25.0 Å². The molecular formula is C8H13NO. The van der Waals surface area contributed by atoms with Crippen molar-refractivity contribution in [3.63, 3.8) is 0 Å². The van der Waals surface area contributed by atoms with Crippen LogP contribution in [0.4, 0.5) is 0 Å². The van der Waals surface area contributed by atoms with Crippen LogP contribution in [0.15, 0.2) is 11.6 Å². The number of rotatable bonds is 1. The first kappa shape index (κ1) is 6.38. The van der Waals surface area contributed by atoms with Gasteiger partial charge in [-0.3, -0.25) is 4.90 Å². The number of hydrogen-bond acceptors (Lipinski definition) is 2. The predicted molar refractivity (Wildman–Crippen MR) is 39.8 cm³/mol. The van der Waals surface area contributed by atoms with Crippen molar-refractivity contribution in [1.82, 2.24) is 4.90 Å². The summed E-state index contributed by atoms with van der Waals surface area (Å²) in [6, 6.07) is 0.602. The van der Waals surface area contributed by atoms with E-state index in [4.69, 9.17) is 5.11 Å². The molecule has 0 aromatic rings. The lowest BCUT2D eigenvalue weighted by atomic mass is 10.1. The monoisotopic (exact) mass is 139 g/mol. The summed E-state index contributed by atoms with van der Waals surface area (Å²) < 4.78 is 0. The van der Waals surface area contributed by atoms with E-state index >= 15 is 0 Å². The quantitative estimate of drug-likeness (QED) is 0.531. The van der Waals surface area contributed by atoms with Crippen LogP contribution in [-0.2, 0) is 0 Å². The van der Waals surface area contributed by atoms with Gasteiger partial charge in [-0.1, -0.05) is 6.08 Å². The van der Waals surface area contributed by atoms with Gasteiger partial charge in [0.1, 0.15) is 0 Å². The summed E-state index contributed by atoms with van der Waals surface area (Å²) in [5.41, 5.74) is 1.25. The van der Waals surface area contributed by atoms with Crippen LogP contribution in [0, 0.1) is 0 Å². The maximum atomic E-state index is 8.92. The Hall–Kier alpha value is -0.340. The molecule has 1 fully saturated rings. The van der Waals surface area contributed by atoms with Crippen LogP contribution in [0.5, 0.6) is 0 Å². The molecule has 0 saturated carbocycles. The molecule has 56 valence electrons. The van der Waals surface area contributed by atoms with Gasteiger partial charge in [0, 0.05) is 12.6 Å². The topological polar surface area (TPSA) is 23.5 Å². The van der Waals surface area contributed by atoms with E-state index in [-0.39, 0.29) is 6.61 Å². The lowest BCUT2D eigenvalue weighted by Crippen LogP contribution is -2.25. The second kappa shape index (κ2) is 2.36. The van der Waals surface area contributed by atoms with Crippen LogP contribution in [0.25, 0.3) is 0 Å². The van der Waals surface area contributed by atoms with Gasteiger partial charge in [0.15, 0.2) is 0 Å². The fourth-order valence-electron chi connectivity index (χ4n) is 2.01. The Morgan fingerprint density at radius 2 is 2.60 bits per heavy atom. The minimum absolute atomic E-state index is 0.265. The van der Waals surface area contributed by atoms with Gasteiger partial charge >= 0.3 is 0 Å². The van der Waals surface area contributed by atoms with Crippen LogP contribution in [-0.4, -0.2) is 35.7 Å². The third-order valence-corrected chi connectivity index (χ3v) is 2.56. The zero-order chi connectivity index (χ0) is 6.97. The molecule has 1 saturated heterocycles. The van der Waals surface area contributed by atoms with Gasteiger partial charge in [-0.25, -0.2) is 0 Å². The summed E-state index contributed by atoms with van der Waals surface area (Å²) in [7, 11) is 0. The van der Waals surface area contributed by atoms with Gasteiger partial charge in [0.05, 0.1) is 6.61 Å². The molecule has 1 N–H and O–H groups in total. The third kappa shape index (κ3) is 0.796. The second-order valence-electron chi connectivity index (χ2n) is 3.09. The Kier molecular flexibility index (Phi) is 1.51. The summed E-state index contributed by atoms with van der Waals surface area (Å²) in [4.78, 5) is 2.44. The van der Waals surface area contributed by atoms with Crippen molar-refractivity contribution < 1.29 is 5.11 Å². The molecule has 2 heteroatoms. The van der Waals surface area contributed by atoms with E-state index in [0.29, 0.717) is 6.04 Å². The standard InChI is InChI=1S/C8H13NO/c10-6-7-3-5-9-4-1-2-8(7)9/h3,8,10H,1-2,4-6H2. The Morgan fingerprint density at radius 1 is 1.70 bits per heavy atom. The van der Waals surface area contributed by atoms with Crippen molar-refractivity contribution in [2.24, 2.45) is 0 Å². The van der Waals surface area contributed by atoms with Crippen LogP contribution >= 0.6 is 0 Å². The van der Waals surface area contributed by atoms with E-state index in [1.54, 1.807) is 0 Å². The van der Waals surface area contributed by atoms with Crippen molar-refractivity contribution in [2.45, 2.75) is 18.9 Å². The highest BCUT2D eigenvalue weighted by molar-refractivity contribution is 5.20. The Labute approximate surface area is 61.1 Å². The van der Waals surface area contributed by atoms with E-state index in [9.17, 15) is 0 Å². The number of aliphatic hydroxyl groups excluding tert-OH is 1. The Balaban J connectivity index is 2.10. The van der Waals surface area contributed by atoms with Crippen molar-refractivity contribution in [3.05, 3.63) is 11.6 Å². The van der Waals surface area contributed by atoms with Crippen LogP contribution < -0.4 is 0 Å². The molecule has 2 aliphatic heterocycles. The molecule has 0 aromatic heterocycles. The average molecular weight is 139 g/mol. The molecule has 1 atom stereocenters. The zero-order valence-corrected chi connectivity index (χ0v) is 6.08. The molecule has 2 rings (SSSR count). The number of aliphatic hydroxyl groups is 1. The molecule has 0 radical (unpaired) electrons. The summed E-state index contributed by atoms with van der Waals surface area (Å²) in [6.07, 6.45) is 4.73. The van der Waals surface area contributed by atoms with Gasteiger partial charge in [-0.15, -0.1) is 0 Å². The van der Waals surface area contributed by atoms with Crippen molar-refractivity contribution in [1.29, 1.82) is 0 Å². The first-order chi connectivity index (χ1) is 4.92. The number of nitrogens with zero attached hydrogens (tertiary/aromatic N) is 1. The molecule has 0 bridgehead atoms. The fraction of sp³-hybridized carbons (Fsp3) is 0.750. The normalized spacial score (nSPS) is 32.5.